The Balaban J connectivity index is 2.21. The summed E-state index contributed by atoms with van der Waals surface area (Å²) in [6.45, 7) is 1.74. The number of hydrogen-bond acceptors (Lipinski definition) is 4. The third kappa shape index (κ3) is 3.75. The second-order valence-electron chi connectivity index (χ2n) is 4.83. The number of aliphatic hydroxyl groups excluding tert-OH is 1. The highest BCUT2D eigenvalue weighted by Gasteiger charge is 2.18. The van der Waals surface area contributed by atoms with Gasteiger partial charge in [0.15, 0.2) is 0 Å². The van der Waals surface area contributed by atoms with E-state index in [0.29, 0.717) is 4.88 Å². The lowest BCUT2D eigenvalue weighted by atomic mass is 10.1. The molecule has 0 unspecified atom stereocenters. The van der Waals surface area contributed by atoms with Gasteiger partial charge in [0.25, 0.3) is 5.91 Å². The lowest BCUT2D eigenvalue weighted by Crippen LogP contribution is -2.37. The first-order valence-corrected chi connectivity index (χ1v) is 8.87. The van der Waals surface area contributed by atoms with Crippen LogP contribution in [-0.4, -0.2) is 35.7 Å². The number of benzene rings is 1. The van der Waals surface area contributed by atoms with Gasteiger partial charge in [0.2, 0.25) is 0 Å². The summed E-state index contributed by atoms with van der Waals surface area (Å²) in [5.74, 6) is 0.375. The molecule has 0 radical (unpaired) electrons. The van der Waals surface area contributed by atoms with Crippen LogP contribution in [0.4, 0.5) is 4.39 Å². The van der Waals surface area contributed by atoms with Crippen molar-refractivity contribution in [2.75, 3.05) is 18.6 Å². The van der Waals surface area contributed by atoms with Crippen LogP contribution >= 0.6 is 23.1 Å². The van der Waals surface area contributed by atoms with Gasteiger partial charge in [0.05, 0.1) is 17.5 Å². The number of halogens is 1. The van der Waals surface area contributed by atoms with Gasteiger partial charge in [-0.2, -0.15) is 11.8 Å². The first-order chi connectivity index (χ1) is 10.1. The quantitative estimate of drug-likeness (QED) is 0.857. The molecule has 1 aromatic carbocycles. The number of carbonyl (C=O) groups is 1. The molecule has 3 nitrogen and oxygen atoms in total. The summed E-state index contributed by atoms with van der Waals surface area (Å²) in [6.07, 6.45) is 2.71. The molecule has 1 atom stereocenters. The summed E-state index contributed by atoms with van der Waals surface area (Å²) in [4.78, 5) is 12.9. The maximum absolute atomic E-state index is 13.3. The Morgan fingerprint density at radius 2 is 2.29 bits per heavy atom. The lowest BCUT2D eigenvalue weighted by Gasteiger charge is -2.15. The van der Waals surface area contributed by atoms with E-state index < -0.39 is 0 Å². The first kappa shape index (κ1) is 16.3. The highest BCUT2D eigenvalue weighted by molar-refractivity contribution is 7.98. The van der Waals surface area contributed by atoms with E-state index in [4.69, 9.17) is 0 Å². The highest BCUT2D eigenvalue weighted by atomic mass is 32.2. The van der Waals surface area contributed by atoms with Gasteiger partial charge in [-0.15, -0.1) is 11.3 Å². The Hall–Kier alpha value is -1.11. The van der Waals surface area contributed by atoms with Crippen LogP contribution in [0.2, 0.25) is 0 Å². The molecule has 2 N–H and O–H groups in total. The molecule has 0 fully saturated rings. The highest BCUT2D eigenvalue weighted by Crippen LogP contribution is 2.31. The number of aliphatic hydroxyl groups is 1. The Labute approximate surface area is 131 Å². The predicted molar refractivity (Wildman–Crippen MR) is 87.9 cm³/mol. The largest absolute Gasteiger partial charge is 0.394 e. The van der Waals surface area contributed by atoms with Crippen LogP contribution in [0.1, 0.15) is 21.7 Å². The molecule has 6 heteroatoms. The third-order valence-corrected chi connectivity index (χ3v) is 5.25. The SMILES string of the molecule is CSCC[C@@H](CO)NC(=O)c1sc2ccc(F)cc2c1C. The van der Waals surface area contributed by atoms with Crippen LogP contribution < -0.4 is 5.32 Å². The zero-order chi connectivity index (χ0) is 15.4. The number of thioether (sulfide) groups is 1. The summed E-state index contributed by atoms with van der Waals surface area (Å²) in [5, 5.41) is 12.9. The first-order valence-electron chi connectivity index (χ1n) is 6.66. The number of fused-ring (bicyclic) bond motifs is 1. The number of hydrogen-bond donors (Lipinski definition) is 2. The summed E-state index contributed by atoms with van der Waals surface area (Å²) < 4.78 is 14.2. The molecular weight excluding hydrogens is 309 g/mol. The van der Waals surface area contributed by atoms with Gasteiger partial charge < -0.3 is 10.4 Å². The predicted octanol–water partition coefficient (Wildman–Crippen LogP) is 3.19. The molecule has 1 aromatic heterocycles. The molecule has 1 amide bonds. The average Bonchev–Trinajstić information content (AvgIpc) is 2.80. The van der Waals surface area contributed by atoms with Crippen molar-refractivity contribution < 1.29 is 14.3 Å². The fourth-order valence-electron chi connectivity index (χ4n) is 2.13. The molecule has 0 aliphatic carbocycles. The van der Waals surface area contributed by atoms with Gasteiger partial charge in [-0.25, -0.2) is 4.39 Å². The van der Waals surface area contributed by atoms with Crippen LogP contribution in [0.3, 0.4) is 0 Å². The van der Waals surface area contributed by atoms with Crippen molar-refractivity contribution in [3.63, 3.8) is 0 Å². The molecule has 0 spiro atoms. The van der Waals surface area contributed by atoms with Crippen LogP contribution in [-0.2, 0) is 0 Å². The van der Waals surface area contributed by atoms with Crippen LogP contribution in [0.15, 0.2) is 18.2 Å². The van der Waals surface area contributed by atoms with Crippen molar-refractivity contribution in [1.82, 2.24) is 5.32 Å². The van der Waals surface area contributed by atoms with E-state index in [1.54, 1.807) is 17.8 Å². The molecule has 2 rings (SSSR count). The summed E-state index contributed by atoms with van der Waals surface area (Å²) in [6, 6.07) is 4.30. The molecule has 0 saturated carbocycles. The van der Waals surface area contributed by atoms with Gasteiger partial charge >= 0.3 is 0 Å². The van der Waals surface area contributed by atoms with E-state index in [1.807, 2.05) is 13.2 Å². The fourth-order valence-corrected chi connectivity index (χ4v) is 3.74. The minimum Gasteiger partial charge on any atom is -0.394 e. The third-order valence-electron chi connectivity index (χ3n) is 3.33. The van der Waals surface area contributed by atoms with Gasteiger partial charge in [0, 0.05) is 4.70 Å². The summed E-state index contributed by atoms with van der Waals surface area (Å²) >= 11 is 3.03. The minimum atomic E-state index is -0.302. The van der Waals surface area contributed by atoms with Crippen molar-refractivity contribution in [3.8, 4) is 0 Å². The number of thiophene rings is 1. The van der Waals surface area contributed by atoms with E-state index in [0.717, 1.165) is 27.8 Å². The number of carbonyl (C=O) groups excluding carboxylic acids is 1. The zero-order valence-corrected chi connectivity index (χ0v) is 13.6. The average molecular weight is 327 g/mol. The number of rotatable bonds is 6. The van der Waals surface area contributed by atoms with E-state index >= 15 is 0 Å². The van der Waals surface area contributed by atoms with Crippen molar-refractivity contribution >= 4 is 39.1 Å². The van der Waals surface area contributed by atoms with Gasteiger partial charge in [-0.05, 0) is 54.5 Å². The van der Waals surface area contributed by atoms with Gasteiger partial charge in [-0.3, -0.25) is 4.79 Å². The molecule has 114 valence electrons. The number of aryl methyl sites for hydroxylation is 1. The van der Waals surface area contributed by atoms with E-state index in [1.165, 1.54) is 23.5 Å². The Morgan fingerprint density at radius 1 is 1.52 bits per heavy atom. The number of amides is 1. The molecule has 0 aliphatic heterocycles. The Bertz CT molecular complexity index is 642. The Morgan fingerprint density at radius 3 is 2.95 bits per heavy atom. The standard InChI is InChI=1S/C15H18FNO2S2/c1-9-12-7-10(16)3-4-13(12)21-14(9)15(19)17-11(8-18)5-6-20-2/h3-4,7,11,18H,5-6,8H2,1-2H3,(H,17,19)/t11-/m0/s1. The second kappa shape index (κ2) is 7.24. The topological polar surface area (TPSA) is 49.3 Å². The maximum Gasteiger partial charge on any atom is 0.261 e. The van der Waals surface area contributed by atoms with Crippen molar-refractivity contribution in [1.29, 1.82) is 0 Å². The fraction of sp³-hybridized carbons (Fsp3) is 0.400. The van der Waals surface area contributed by atoms with Crippen molar-refractivity contribution in [2.24, 2.45) is 0 Å². The monoisotopic (exact) mass is 327 g/mol. The molecule has 0 aliphatic rings. The van der Waals surface area contributed by atoms with Gasteiger partial charge in [-0.1, -0.05) is 0 Å². The molecular formula is C15H18FNO2S2. The normalized spacial score (nSPS) is 12.6. The summed E-state index contributed by atoms with van der Waals surface area (Å²) in [7, 11) is 0. The molecule has 21 heavy (non-hydrogen) atoms. The lowest BCUT2D eigenvalue weighted by molar-refractivity contribution is 0.0919. The van der Waals surface area contributed by atoms with Crippen LogP contribution in [0.5, 0.6) is 0 Å². The molecule has 1 heterocycles. The smallest absolute Gasteiger partial charge is 0.261 e. The van der Waals surface area contributed by atoms with E-state index in [2.05, 4.69) is 5.32 Å². The molecule has 2 aromatic rings. The second-order valence-corrected chi connectivity index (χ2v) is 6.87. The van der Waals surface area contributed by atoms with Crippen LogP contribution in [0.25, 0.3) is 10.1 Å². The van der Waals surface area contributed by atoms with E-state index in [-0.39, 0.29) is 24.4 Å². The van der Waals surface area contributed by atoms with Gasteiger partial charge in [0.1, 0.15) is 5.82 Å². The Kier molecular flexibility index (Phi) is 5.61. The minimum absolute atomic E-state index is 0.0785. The maximum atomic E-state index is 13.3. The zero-order valence-electron chi connectivity index (χ0n) is 12.0. The van der Waals surface area contributed by atoms with E-state index in [9.17, 15) is 14.3 Å². The van der Waals surface area contributed by atoms with Crippen molar-refractivity contribution in [3.05, 3.63) is 34.5 Å². The molecule has 0 saturated heterocycles. The summed E-state index contributed by atoms with van der Waals surface area (Å²) in [5.41, 5.74) is 0.786. The molecule has 0 bridgehead atoms. The van der Waals surface area contributed by atoms with Crippen LogP contribution in [0, 0.1) is 12.7 Å². The van der Waals surface area contributed by atoms with Crippen molar-refractivity contribution in [2.45, 2.75) is 19.4 Å². The number of nitrogens with one attached hydrogen (secondary N) is 1.